The van der Waals surface area contributed by atoms with Crippen LogP contribution in [0.25, 0.3) is 0 Å². The third-order valence-electron chi connectivity index (χ3n) is 4.18. The van der Waals surface area contributed by atoms with Crippen molar-refractivity contribution >= 4 is 11.9 Å². The van der Waals surface area contributed by atoms with Crippen molar-refractivity contribution in [2.45, 2.75) is 18.3 Å². The van der Waals surface area contributed by atoms with Gasteiger partial charge in [0.1, 0.15) is 5.56 Å². The summed E-state index contributed by atoms with van der Waals surface area (Å²) in [6.07, 6.45) is -3.76. The lowest BCUT2D eigenvalue weighted by molar-refractivity contribution is -0.139. The van der Waals surface area contributed by atoms with E-state index in [-0.39, 0.29) is 11.1 Å². The molecule has 1 aliphatic heterocycles. The zero-order chi connectivity index (χ0) is 19.8. The topological polar surface area (TPSA) is 104 Å². The summed E-state index contributed by atoms with van der Waals surface area (Å²) in [5, 5.41) is 13.3. The lowest BCUT2D eigenvalue weighted by Crippen LogP contribution is -2.49. The van der Waals surface area contributed by atoms with E-state index in [0.717, 1.165) is 12.3 Å². The first-order valence-corrected chi connectivity index (χ1v) is 7.58. The Morgan fingerprint density at radius 2 is 1.78 bits per heavy atom. The number of nitrogens with zero attached hydrogens (tertiary/aromatic N) is 2. The van der Waals surface area contributed by atoms with Gasteiger partial charge in [0, 0.05) is 6.20 Å². The third kappa shape index (κ3) is 3.15. The fraction of sp³-hybridized carbons (Fsp3) is 0.176. The van der Waals surface area contributed by atoms with Crippen LogP contribution in [0.15, 0.2) is 47.4 Å². The number of alkyl halides is 3. The monoisotopic (exact) mass is 376 g/mol. The van der Waals surface area contributed by atoms with Gasteiger partial charge in [-0.1, -0.05) is 12.1 Å². The molecule has 2 N–H and O–H groups in total. The number of urea groups is 1. The highest BCUT2D eigenvalue weighted by Crippen LogP contribution is 2.29. The maximum absolute atomic E-state index is 13.0. The number of pyridine rings is 1. The molecule has 1 aromatic heterocycles. The Balaban J connectivity index is 2.12. The van der Waals surface area contributed by atoms with E-state index in [9.17, 15) is 27.6 Å². The van der Waals surface area contributed by atoms with Crippen LogP contribution in [0.2, 0.25) is 0 Å². The van der Waals surface area contributed by atoms with Gasteiger partial charge in [0.05, 0.1) is 18.2 Å². The van der Waals surface area contributed by atoms with Crippen molar-refractivity contribution in [3.05, 3.63) is 69.6 Å². The van der Waals surface area contributed by atoms with Gasteiger partial charge in [-0.3, -0.25) is 14.9 Å². The van der Waals surface area contributed by atoms with E-state index in [1.807, 2.05) is 11.4 Å². The molecule has 10 heteroatoms. The zero-order valence-corrected chi connectivity index (χ0v) is 13.5. The molecule has 1 fully saturated rings. The minimum absolute atomic E-state index is 0.217. The van der Waals surface area contributed by atoms with Gasteiger partial charge < -0.3 is 9.88 Å². The molecule has 0 aliphatic carbocycles. The fourth-order valence-corrected chi connectivity index (χ4v) is 2.86. The highest BCUT2D eigenvalue weighted by Gasteiger charge is 2.48. The van der Waals surface area contributed by atoms with Crippen LogP contribution in [0, 0.1) is 11.3 Å². The number of imide groups is 1. The summed E-state index contributed by atoms with van der Waals surface area (Å²) in [6, 6.07) is 8.29. The number of halogens is 3. The number of rotatable bonds is 3. The Labute approximate surface area is 150 Å². The lowest BCUT2D eigenvalue weighted by atomic mass is 9.89. The van der Waals surface area contributed by atoms with Crippen molar-refractivity contribution < 1.29 is 22.8 Å². The number of benzene rings is 1. The number of nitriles is 1. The quantitative estimate of drug-likeness (QED) is 0.792. The van der Waals surface area contributed by atoms with Gasteiger partial charge >= 0.3 is 12.2 Å². The van der Waals surface area contributed by atoms with E-state index in [1.165, 1.54) is 24.3 Å². The molecule has 7 nitrogen and oxygen atoms in total. The van der Waals surface area contributed by atoms with E-state index in [1.54, 1.807) is 0 Å². The summed E-state index contributed by atoms with van der Waals surface area (Å²) in [5.41, 5.74) is -4.01. The van der Waals surface area contributed by atoms with Crippen LogP contribution < -0.4 is 16.2 Å². The van der Waals surface area contributed by atoms with Gasteiger partial charge in [-0.05, 0) is 29.8 Å². The summed E-state index contributed by atoms with van der Waals surface area (Å²) >= 11 is 0. The van der Waals surface area contributed by atoms with Crippen LogP contribution in [-0.4, -0.2) is 16.5 Å². The highest BCUT2D eigenvalue weighted by atomic mass is 19.4. The predicted octanol–water partition coefficient (Wildman–Crippen LogP) is 1.47. The molecular weight excluding hydrogens is 365 g/mol. The van der Waals surface area contributed by atoms with Crippen LogP contribution in [0.5, 0.6) is 0 Å². The molecule has 27 heavy (non-hydrogen) atoms. The van der Waals surface area contributed by atoms with E-state index in [4.69, 9.17) is 5.26 Å². The lowest BCUT2D eigenvalue weighted by Gasteiger charge is -2.27. The Bertz CT molecular complexity index is 1020. The predicted molar refractivity (Wildman–Crippen MR) is 85.2 cm³/mol. The second kappa shape index (κ2) is 6.28. The first kappa shape index (κ1) is 18.2. The molecule has 1 aliphatic rings. The average molecular weight is 376 g/mol. The highest BCUT2D eigenvalue weighted by molar-refractivity contribution is 6.07. The molecule has 0 saturated carbocycles. The molecule has 0 radical (unpaired) electrons. The number of aromatic nitrogens is 1. The van der Waals surface area contributed by atoms with Crippen molar-refractivity contribution in [2.24, 2.45) is 0 Å². The van der Waals surface area contributed by atoms with Gasteiger partial charge in [0.15, 0.2) is 5.54 Å². The number of hydrogen-bond donors (Lipinski definition) is 2. The van der Waals surface area contributed by atoms with Crippen molar-refractivity contribution in [3.8, 4) is 6.07 Å². The zero-order valence-electron chi connectivity index (χ0n) is 13.5. The van der Waals surface area contributed by atoms with Crippen LogP contribution in [-0.2, 0) is 23.1 Å². The van der Waals surface area contributed by atoms with Gasteiger partial charge in [-0.25, -0.2) is 4.79 Å². The van der Waals surface area contributed by atoms with Gasteiger partial charge in [-0.15, -0.1) is 0 Å². The summed E-state index contributed by atoms with van der Waals surface area (Å²) in [5.74, 6) is -0.818. The first-order chi connectivity index (χ1) is 12.7. The molecule has 1 saturated heterocycles. The van der Waals surface area contributed by atoms with Crippen molar-refractivity contribution in [1.29, 1.82) is 5.26 Å². The van der Waals surface area contributed by atoms with E-state index < -0.39 is 41.3 Å². The summed E-state index contributed by atoms with van der Waals surface area (Å²) in [4.78, 5) is 36.4. The number of amides is 3. The first-order valence-electron chi connectivity index (χ1n) is 7.58. The minimum Gasteiger partial charge on any atom is -0.318 e. The standard InChI is InChI=1S/C17H11F3N4O3/c18-17(19,20)12-2-1-7-24(13(12)25)9-16(14(26)22-15(27)23-16)11-5-3-10(8-21)4-6-11/h1-7H,9H2,(H2,22,23,26,27). The van der Waals surface area contributed by atoms with Crippen LogP contribution >= 0.6 is 0 Å². The van der Waals surface area contributed by atoms with Crippen LogP contribution in [0.1, 0.15) is 16.7 Å². The van der Waals surface area contributed by atoms with E-state index >= 15 is 0 Å². The molecule has 3 amide bonds. The molecule has 2 aromatic rings. The van der Waals surface area contributed by atoms with Crippen LogP contribution in [0.3, 0.4) is 0 Å². The molecule has 3 rings (SSSR count). The van der Waals surface area contributed by atoms with Crippen molar-refractivity contribution in [3.63, 3.8) is 0 Å². The maximum atomic E-state index is 13.0. The van der Waals surface area contributed by atoms with Crippen molar-refractivity contribution in [1.82, 2.24) is 15.2 Å². The molecule has 1 aromatic carbocycles. The van der Waals surface area contributed by atoms with Gasteiger partial charge in [0.25, 0.3) is 11.5 Å². The Morgan fingerprint density at radius 3 is 2.30 bits per heavy atom. The Morgan fingerprint density at radius 1 is 1.11 bits per heavy atom. The molecule has 0 bridgehead atoms. The van der Waals surface area contributed by atoms with Gasteiger partial charge in [-0.2, -0.15) is 18.4 Å². The fourth-order valence-electron chi connectivity index (χ4n) is 2.86. The second-order valence-electron chi connectivity index (χ2n) is 5.86. The normalized spacial score (nSPS) is 19.3. The summed E-state index contributed by atoms with van der Waals surface area (Å²) in [6.45, 7) is -0.556. The van der Waals surface area contributed by atoms with E-state index in [0.29, 0.717) is 10.6 Å². The van der Waals surface area contributed by atoms with Crippen molar-refractivity contribution in [2.75, 3.05) is 0 Å². The summed E-state index contributed by atoms with van der Waals surface area (Å²) < 4.78 is 39.7. The second-order valence-corrected chi connectivity index (χ2v) is 5.86. The maximum Gasteiger partial charge on any atom is 0.421 e. The molecule has 1 atom stereocenters. The number of hydrogen-bond acceptors (Lipinski definition) is 4. The van der Waals surface area contributed by atoms with Crippen LogP contribution in [0.4, 0.5) is 18.0 Å². The van der Waals surface area contributed by atoms with E-state index in [2.05, 4.69) is 5.32 Å². The average Bonchev–Trinajstić information content (AvgIpc) is 2.90. The SMILES string of the molecule is N#Cc1ccc(C2(Cn3cccc(C(F)(F)F)c3=O)NC(=O)NC2=O)cc1. The van der Waals surface area contributed by atoms with Gasteiger partial charge in [0.2, 0.25) is 0 Å². The smallest absolute Gasteiger partial charge is 0.318 e. The molecule has 0 spiro atoms. The molecule has 2 heterocycles. The molecule has 138 valence electrons. The molecular formula is C17H11F3N4O3. The summed E-state index contributed by atoms with van der Waals surface area (Å²) in [7, 11) is 0. The number of carbonyl (C=O) groups excluding carboxylic acids is 2. The largest absolute Gasteiger partial charge is 0.421 e. The Hall–Kier alpha value is -3.61. The number of carbonyl (C=O) groups is 2. The Kier molecular flexibility index (Phi) is 4.23. The number of nitrogens with one attached hydrogen (secondary N) is 2. The molecule has 1 unspecified atom stereocenters. The third-order valence-corrected chi connectivity index (χ3v) is 4.18. The minimum atomic E-state index is -4.86.